The quantitative estimate of drug-likeness (QED) is 0.710. The third kappa shape index (κ3) is 5.07. The lowest BCUT2D eigenvalue weighted by molar-refractivity contribution is 0.0515. The molecule has 2 amide bonds. The van der Waals surface area contributed by atoms with Crippen LogP contribution in [0.3, 0.4) is 0 Å². The average molecular weight is 386 g/mol. The lowest BCUT2D eigenvalue weighted by Gasteiger charge is -2.34. The minimum absolute atomic E-state index is 0.151. The Balaban J connectivity index is 1.47. The summed E-state index contributed by atoms with van der Waals surface area (Å²) in [6, 6.07) is 3.33. The van der Waals surface area contributed by atoms with Crippen molar-refractivity contribution in [3.05, 3.63) is 42.2 Å². The molecule has 9 nitrogen and oxygen atoms in total. The van der Waals surface area contributed by atoms with Crippen molar-refractivity contribution in [2.75, 3.05) is 58.7 Å². The van der Waals surface area contributed by atoms with Crippen molar-refractivity contribution in [2.45, 2.75) is 6.42 Å². The molecular weight excluding hydrogens is 360 g/mol. The standard InChI is InChI=1S/C19H26N6O3/c1-23(2)7-4-6-20-17-14-21-15(13-22-17)18(26)24-8-10-25(11-9-24)19(27)16-5-3-12-28-16/h3,5,12-14H,4,6-11H2,1-2H3,(H,20,22). The number of furan rings is 1. The van der Waals surface area contributed by atoms with Crippen molar-refractivity contribution in [2.24, 2.45) is 0 Å². The number of aromatic nitrogens is 2. The Morgan fingerprint density at radius 1 is 1.11 bits per heavy atom. The first-order chi connectivity index (χ1) is 13.5. The largest absolute Gasteiger partial charge is 0.459 e. The highest BCUT2D eigenvalue weighted by molar-refractivity contribution is 5.93. The Bertz CT molecular complexity index is 767. The summed E-state index contributed by atoms with van der Waals surface area (Å²) < 4.78 is 5.15. The van der Waals surface area contributed by atoms with Crippen molar-refractivity contribution < 1.29 is 14.0 Å². The van der Waals surface area contributed by atoms with Gasteiger partial charge in [0.1, 0.15) is 11.5 Å². The second-order valence-electron chi connectivity index (χ2n) is 6.93. The summed E-state index contributed by atoms with van der Waals surface area (Å²) in [4.78, 5) is 38.9. The number of carbonyl (C=O) groups is 2. The van der Waals surface area contributed by atoms with Crippen molar-refractivity contribution in [1.29, 1.82) is 0 Å². The van der Waals surface area contributed by atoms with Crippen molar-refractivity contribution >= 4 is 17.6 Å². The number of nitrogens with one attached hydrogen (secondary N) is 1. The van der Waals surface area contributed by atoms with E-state index < -0.39 is 0 Å². The number of amides is 2. The van der Waals surface area contributed by atoms with Crippen LogP contribution in [0.4, 0.5) is 5.82 Å². The van der Waals surface area contributed by atoms with Crippen LogP contribution in [0.5, 0.6) is 0 Å². The molecule has 1 fully saturated rings. The molecule has 3 rings (SSSR count). The Labute approximate surface area is 164 Å². The fraction of sp³-hybridized carbons (Fsp3) is 0.474. The van der Waals surface area contributed by atoms with E-state index in [0.29, 0.717) is 43.5 Å². The van der Waals surface area contributed by atoms with Crippen LogP contribution in [0.1, 0.15) is 27.5 Å². The highest BCUT2D eigenvalue weighted by Crippen LogP contribution is 2.12. The maximum absolute atomic E-state index is 12.6. The number of anilines is 1. The molecule has 0 aromatic carbocycles. The predicted molar refractivity (Wildman–Crippen MR) is 104 cm³/mol. The van der Waals surface area contributed by atoms with E-state index in [1.165, 1.54) is 12.5 Å². The molecule has 1 aliphatic heterocycles. The highest BCUT2D eigenvalue weighted by Gasteiger charge is 2.27. The molecule has 0 unspecified atom stereocenters. The number of rotatable bonds is 7. The Morgan fingerprint density at radius 2 is 1.82 bits per heavy atom. The van der Waals surface area contributed by atoms with E-state index in [2.05, 4.69) is 20.2 Å². The van der Waals surface area contributed by atoms with Gasteiger partial charge in [-0.3, -0.25) is 9.59 Å². The zero-order valence-corrected chi connectivity index (χ0v) is 16.3. The van der Waals surface area contributed by atoms with Gasteiger partial charge >= 0.3 is 0 Å². The fourth-order valence-electron chi connectivity index (χ4n) is 2.97. The summed E-state index contributed by atoms with van der Waals surface area (Å²) in [6.07, 6.45) is 5.55. The van der Waals surface area contributed by atoms with Gasteiger partial charge in [0, 0.05) is 32.7 Å². The van der Waals surface area contributed by atoms with Gasteiger partial charge < -0.3 is 24.4 Å². The number of piperazine rings is 1. The van der Waals surface area contributed by atoms with Gasteiger partial charge in [0.25, 0.3) is 11.8 Å². The lowest BCUT2D eigenvalue weighted by Crippen LogP contribution is -2.50. The predicted octanol–water partition coefficient (Wildman–Crippen LogP) is 1.03. The fourth-order valence-corrected chi connectivity index (χ4v) is 2.97. The maximum atomic E-state index is 12.6. The SMILES string of the molecule is CN(C)CCCNc1cnc(C(=O)N2CCN(C(=O)c3ccco3)CC2)cn1. The van der Waals surface area contributed by atoms with Gasteiger partial charge in [-0.25, -0.2) is 9.97 Å². The van der Waals surface area contributed by atoms with E-state index in [1.54, 1.807) is 28.1 Å². The summed E-state index contributed by atoms with van der Waals surface area (Å²) >= 11 is 0. The molecule has 1 saturated heterocycles. The second kappa shape index (κ2) is 9.32. The van der Waals surface area contributed by atoms with Crippen LogP contribution >= 0.6 is 0 Å². The van der Waals surface area contributed by atoms with Crippen molar-refractivity contribution in [3.8, 4) is 0 Å². The third-order valence-electron chi connectivity index (χ3n) is 4.55. The zero-order chi connectivity index (χ0) is 19.9. The van der Waals surface area contributed by atoms with Gasteiger partial charge in [-0.1, -0.05) is 0 Å². The van der Waals surface area contributed by atoms with Gasteiger partial charge in [0.05, 0.1) is 18.7 Å². The van der Waals surface area contributed by atoms with Crippen LogP contribution in [-0.4, -0.2) is 89.8 Å². The molecule has 9 heteroatoms. The van der Waals surface area contributed by atoms with Crippen molar-refractivity contribution in [1.82, 2.24) is 24.7 Å². The Hall–Kier alpha value is -2.94. The molecule has 28 heavy (non-hydrogen) atoms. The molecule has 2 aromatic rings. The third-order valence-corrected chi connectivity index (χ3v) is 4.55. The smallest absolute Gasteiger partial charge is 0.289 e. The molecule has 1 N–H and O–H groups in total. The van der Waals surface area contributed by atoms with Gasteiger partial charge in [-0.2, -0.15) is 0 Å². The molecule has 0 radical (unpaired) electrons. The molecule has 0 aliphatic carbocycles. The van der Waals surface area contributed by atoms with Crippen LogP contribution in [0, 0.1) is 0 Å². The molecule has 2 aromatic heterocycles. The molecule has 0 spiro atoms. The van der Waals surface area contributed by atoms with E-state index in [9.17, 15) is 9.59 Å². The van der Waals surface area contributed by atoms with E-state index in [1.807, 2.05) is 14.1 Å². The van der Waals surface area contributed by atoms with Crippen LogP contribution in [-0.2, 0) is 0 Å². The molecule has 1 aliphatic rings. The topological polar surface area (TPSA) is 94.8 Å². The van der Waals surface area contributed by atoms with Crippen LogP contribution in [0.25, 0.3) is 0 Å². The molecular formula is C19H26N6O3. The number of nitrogens with zero attached hydrogens (tertiary/aromatic N) is 5. The van der Waals surface area contributed by atoms with Crippen molar-refractivity contribution in [3.63, 3.8) is 0 Å². The summed E-state index contributed by atoms with van der Waals surface area (Å²) in [5, 5.41) is 3.20. The normalized spacial score (nSPS) is 14.4. The summed E-state index contributed by atoms with van der Waals surface area (Å²) in [5.74, 6) is 0.654. The number of hydrogen-bond donors (Lipinski definition) is 1. The van der Waals surface area contributed by atoms with Gasteiger partial charge in [0.15, 0.2) is 5.76 Å². The van der Waals surface area contributed by atoms with E-state index in [4.69, 9.17) is 4.42 Å². The average Bonchev–Trinajstić information content (AvgIpc) is 3.25. The Kier molecular flexibility index (Phi) is 6.59. The minimum Gasteiger partial charge on any atom is -0.459 e. The van der Waals surface area contributed by atoms with Gasteiger partial charge in [-0.05, 0) is 39.2 Å². The van der Waals surface area contributed by atoms with E-state index in [-0.39, 0.29) is 11.8 Å². The van der Waals surface area contributed by atoms with Crippen LogP contribution in [0.15, 0.2) is 35.2 Å². The summed E-state index contributed by atoms with van der Waals surface area (Å²) in [7, 11) is 4.07. The zero-order valence-electron chi connectivity index (χ0n) is 16.3. The first-order valence-corrected chi connectivity index (χ1v) is 9.37. The number of carbonyl (C=O) groups excluding carboxylic acids is 2. The molecule has 0 bridgehead atoms. The first kappa shape index (κ1) is 19.8. The summed E-state index contributed by atoms with van der Waals surface area (Å²) in [6.45, 7) is 3.63. The second-order valence-corrected chi connectivity index (χ2v) is 6.93. The monoisotopic (exact) mass is 386 g/mol. The van der Waals surface area contributed by atoms with Crippen LogP contribution in [0.2, 0.25) is 0 Å². The van der Waals surface area contributed by atoms with E-state index in [0.717, 1.165) is 19.5 Å². The highest BCUT2D eigenvalue weighted by atomic mass is 16.3. The van der Waals surface area contributed by atoms with Crippen LogP contribution < -0.4 is 5.32 Å². The molecule has 150 valence electrons. The van der Waals surface area contributed by atoms with Gasteiger partial charge in [0.2, 0.25) is 0 Å². The molecule has 3 heterocycles. The first-order valence-electron chi connectivity index (χ1n) is 9.37. The minimum atomic E-state index is -0.170. The van der Waals surface area contributed by atoms with E-state index >= 15 is 0 Å². The number of hydrogen-bond acceptors (Lipinski definition) is 7. The summed E-state index contributed by atoms with van der Waals surface area (Å²) in [5.41, 5.74) is 0.310. The lowest BCUT2D eigenvalue weighted by atomic mass is 10.2. The molecule has 0 saturated carbocycles. The van der Waals surface area contributed by atoms with Gasteiger partial charge in [-0.15, -0.1) is 0 Å². The molecule has 0 atom stereocenters. The Morgan fingerprint density at radius 3 is 2.39 bits per heavy atom. The maximum Gasteiger partial charge on any atom is 0.289 e.